The van der Waals surface area contributed by atoms with E-state index in [2.05, 4.69) is 32.7 Å². The first-order valence-corrected chi connectivity index (χ1v) is 9.23. The molecular weight excluding hydrogens is 342 g/mol. The zero-order chi connectivity index (χ0) is 17.6. The summed E-state index contributed by atoms with van der Waals surface area (Å²) in [6.45, 7) is 3.68. The van der Waals surface area contributed by atoms with Crippen LogP contribution in [0.1, 0.15) is 31.2 Å². The number of nitrogens with zero attached hydrogens (tertiary/aromatic N) is 6. The molecule has 0 spiro atoms. The summed E-state index contributed by atoms with van der Waals surface area (Å²) in [5.41, 5.74) is 0. The van der Waals surface area contributed by atoms with Crippen LogP contribution in [0, 0.1) is 5.92 Å². The normalized spacial score (nSPS) is 17.2. The topological polar surface area (TPSA) is 106 Å². The number of carbonyl (C=O) groups is 2. The molecule has 3 heterocycles. The molecule has 1 atom stereocenters. The lowest BCUT2D eigenvalue weighted by Crippen LogP contribution is -2.33. The summed E-state index contributed by atoms with van der Waals surface area (Å²) in [5.74, 6) is -0.493. The maximum absolute atomic E-state index is 12.3. The third kappa shape index (κ3) is 4.38. The highest BCUT2D eigenvalue weighted by Crippen LogP contribution is 2.28. The first kappa shape index (κ1) is 17.5. The molecule has 0 radical (unpaired) electrons. The van der Waals surface area contributed by atoms with Crippen LogP contribution in [0.15, 0.2) is 12.4 Å². The number of carbonyl (C=O) groups excluding carboxylic acids is 2. The van der Waals surface area contributed by atoms with Gasteiger partial charge in [-0.15, -0.1) is 15.3 Å². The first-order valence-electron chi connectivity index (χ1n) is 8.42. The van der Waals surface area contributed by atoms with Crippen LogP contribution < -0.4 is 10.2 Å². The van der Waals surface area contributed by atoms with E-state index in [-0.39, 0.29) is 24.2 Å². The van der Waals surface area contributed by atoms with E-state index in [0.717, 1.165) is 24.3 Å². The number of amides is 2. The van der Waals surface area contributed by atoms with Gasteiger partial charge in [0.1, 0.15) is 5.01 Å². The molecule has 1 unspecified atom stereocenters. The predicted molar refractivity (Wildman–Crippen MR) is 92.0 cm³/mol. The minimum absolute atomic E-state index is 0.0676. The second-order valence-electron chi connectivity index (χ2n) is 5.94. The lowest BCUT2D eigenvalue weighted by molar-refractivity contribution is -0.126. The Hall–Kier alpha value is -2.36. The van der Waals surface area contributed by atoms with Crippen molar-refractivity contribution in [2.75, 3.05) is 18.0 Å². The number of aryl methyl sites for hydroxylation is 2. The molecule has 2 aromatic rings. The lowest BCUT2D eigenvalue weighted by Gasteiger charge is -2.12. The number of rotatable bonds is 8. The second kappa shape index (κ2) is 8.15. The molecule has 1 fully saturated rings. The van der Waals surface area contributed by atoms with Crippen molar-refractivity contribution in [3.8, 4) is 0 Å². The van der Waals surface area contributed by atoms with Crippen LogP contribution in [0.3, 0.4) is 0 Å². The molecule has 9 nitrogen and oxygen atoms in total. The van der Waals surface area contributed by atoms with E-state index in [4.69, 9.17) is 0 Å². The highest BCUT2D eigenvalue weighted by atomic mass is 32.1. The molecule has 25 heavy (non-hydrogen) atoms. The molecule has 0 aliphatic carbocycles. The van der Waals surface area contributed by atoms with Crippen molar-refractivity contribution in [2.24, 2.45) is 5.92 Å². The molecular formula is C15H21N7O2S. The van der Waals surface area contributed by atoms with Crippen molar-refractivity contribution in [3.05, 3.63) is 17.4 Å². The molecule has 10 heteroatoms. The monoisotopic (exact) mass is 363 g/mol. The summed E-state index contributed by atoms with van der Waals surface area (Å²) in [6.07, 6.45) is 6.23. The molecule has 0 saturated carbocycles. The Morgan fingerprint density at radius 3 is 3.08 bits per heavy atom. The summed E-state index contributed by atoms with van der Waals surface area (Å²) >= 11 is 1.43. The average molecular weight is 363 g/mol. The number of anilines is 1. The number of aromatic nitrogens is 5. The van der Waals surface area contributed by atoms with Crippen LogP contribution in [0.25, 0.3) is 0 Å². The molecule has 1 aliphatic heterocycles. The van der Waals surface area contributed by atoms with E-state index in [1.807, 2.05) is 0 Å². The maximum atomic E-state index is 12.3. The molecule has 0 bridgehead atoms. The van der Waals surface area contributed by atoms with E-state index in [1.165, 1.54) is 11.3 Å². The molecule has 0 aromatic carbocycles. The van der Waals surface area contributed by atoms with Gasteiger partial charge in [0.15, 0.2) is 0 Å². The zero-order valence-corrected chi connectivity index (χ0v) is 14.9. The Morgan fingerprint density at radius 2 is 2.32 bits per heavy atom. The summed E-state index contributed by atoms with van der Waals surface area (Å²) < 4.78 is 1.72. The number of hydrogen-bond donors (Lipinski definition) is 1. The maximum Gasteiger partial charge on any atom is 0.229 e. The Kier molecular flexibility index (Phi) is 5.69. The van der Waals surface area contributed by atoms with Crippen LogP contribution in [0.4, 0.5) is 5.13 Å². The van der Waals surface area contributed by atoms with Gasteiger partial charge in [0, 0.05) is 38.7 Å². The Bertz CT molecular complexity index is 715. The summed E-state index contributed by atoms with van der Waals surface area (Å²) in [6, 6.07) is 0. The quantitative estimate of drug-likeness (QED) is 0.690. The van der Waals surface area contributed by atoms with Crippen molar-refractivity contribution < 1.29 is 9.59 Å². The van der Waals surface area contributed by atoms with E-state index < -0.39 is 0 Å². The number of hydrogen-bond acceptors (Lipinski definition) is 7. The van der Waals surface area contributed by atoms with E-state index in [1.54, 1.807) is 22.0 Å². The highest BCUT2D eigenvalue weighted by Gasteiger charge is 2.36. The van der Waals surface area contributed by atoms with E-state index in [0.29, 0.717) is 24.8 Å². The smallest absolute Gasteiger partial charge is 0.229 e. The SMILES string of the molecule is CCCc1nnc(N2CC(C(=O)NCCCn3ccnn3)CC2=O)s1. The molecule has 1 aliphatic rings. The standard InChI is InChI=1S/C15H21N7O2S/c1-2-4-12-18-19-15(25-12)22-10-11(9-13(22)23)14(24)16-5-3-7-21-8-6-17-20-21/h6,8,11H,2-5,7,9-10H2,1H3,(H,16,24). The van der Waals surface area contributed by atoms with Gasteiger partial charge in [-0.2, -0.15) is 0 Å². The van der Waals surface area contributed by atoms with Crippen molar-refractivity contribution >= 4 is 28.3 Å². The van der Waals surface area contributed by atoms with Gasteiger partial charge in [-0.3, -0.25) is 19.2 Å². The van der Waals surface area contributed by atoms with Gasteiger partial charge in [-0.1, -0.05) is 23.5 Å². The minimum Gasteiger partial charge on any atom is -0.356 e. The van der Waals surface area contributed by atoms with Crippen LogP contribution >= 0.6 is 11.3 Å². The third-order valence-electron chi connectivity index (χ3n) is 3.98. The van der Waals surface area contributed by atoms with Gasteiger partial charge in [0.25, 0.3) is 0 Å². The van der Waals surface area contributed by atoms with E-state index >= 15 is 0 Å². The van der Waals surface area contributed by atoms with Crippen molar-refractivity contribution in [2.45, 2.75) is 39.2 Å². The largest absolute Gasteiger partial charge is 0.356 e. The highest BCUT2D eigenvalue weighted by molar-refractivity contribution is 7.15. The fourth-order valence-electron chi connectivity index (χ4n) is 2.69. The zero-order valence-electron chi connectivity index (χ0n) is 14.1. The molecule has 1 N–H and O–H groups in total. The first-order chi connectivity index (χ1) is 12.2. The minimum atomic E-state index is -0.336. The van der Waals surface area contributed by atoms with Crippen molar-refractivity contribution in [3.63, 3.8) is 0 Å². The molecule has 2 aromatic heterocycles. The summed E-state index contributed by atoms with van der Waals surface area (Å²) in [7, 11) is 0. The van der Waals surface area contributed by atoms with Crippen LogP contribution in [-0.4, -0.2) is 50.1 Å². The van der Waals surface area contributed by atoms with Crippen LogP contribution in [0.5, 0.6) is 0 Å². The van der Waals surface area contributed by atoms with Crippen LogP contribution in [0.2, 0.25) is 0 Å². The van der Waals surface area contributed by atoms with Crippen molar-refractivity contribution in [1.82, 2.24) is 30.5 Å². The summed E-state index contributed by atoms with van der Waals surface area (Å²) in [4.78, 5) is 26.1. The average Bonchev–Trinajstić information content (AvgIpc) is 3.32. The predicted octanol–water partition coefficient (Wildman–Crippen LogP) is 0.641. The van der Waals surface area contributed by atoms with Gasteiger partial charge >= 0.3 is 0 Å². The molecule has 134 valence electrons. The fourth-order valence-corrected chi connectivity index (χ4v) is 3.65. The van der Waals surface area contributed by atoms with Gasteiger partial charge in [-0.25, -0.2) is 0 Å². The van der Waals surface area contributed by atoms with Gasteiger partial charge in [0.2, 0.25) is 16.9 Å². The van der Waals surface area contributed by atoms with E-state index in [9.17, 15) is 9.59 Å². The lowest BCUT2D eigenvalue weighted by atomic mass is 10.1. The second-order valence-corrected chi connectivity index (χ2v) is 6.98. The van der Waals surface area contributed by atoms with Crippen LogP contribution in [-0.2, 0) is 22.6 Å². The summed E-state index contributed by atoms with van der Waals surface area (Å²) in [5, 5.41) is 20.2. The molecule has 3 rings (SSSR count). The fraction of sp³-hybridized carbons (Fsp3) is 0.600. The van der Waals surface area contributed by atoms with Crippen molar-refractivity contribution in [1.29, 1.82) is 0 Å². The third-order valence-corrected chi connectivity index (χ3v) is 4.99. The van der Waals surface area contributed by atoms with Gasteiger partial charge in [-0.05, 0) is 12.8 Å². The Labute approximate surface area is 149 Å². The molecule has 2 amide bonds. The Balaban J connectivity index is 1.46. The number of nitrogens with one attached hydrogen (secondary N) is 1. The molecule has 1 saturated heterocycles. The van der Waals surface area contributed by atoms with Gasteiger partial charge in [0.05, 0.1) is 12.1 Å². The Morgan fingerprint density at radius 1 is 1.44 bits per heavy atom. The van der Waals surface area contributed by atoms with Gasteiger partial charge < -0.3 is 5.32 Å².